The lowest BCUT2D eigenvalue weighted by Crippen LogP contribution is -2.23. The largest absolute Gasteiger partial charge is 0.389 e. The van der Waals surface area contributed by atoms with Crippen LogP contribution in [0.3, 0.4) is 0 Å². The molecule has 8 heteroatoms. The second-order valence-electron chi connectivity index (χ2n) is 3.81. The monoisotopic (exact) mass is 296 g/mol. The number of rotatable bonds is 5. The Morgan fingerprint density at radius 1 is 1.47 bits per heavy atom. The Morgan fingerprint density at radius 2 is 2.26 bits per heavy atom. The number of hydrogen-bond acceptors (Lipinski definition) is 4. The van der Waals surface area contributed by atoms with E-state index in [1.54, 1.807) is 24.3 Å². The van der Waals surface area contributed by atoms with E-state index in [-0.39, 0.29) is 16.6 Å². The number of aromatic nitrogens is 2. The van der Waals surface area contributed by atoms with E-state index in [0.29, 0.717) is 5.56 Å². The Balaban J connectivity index is 2.11. The zero-order valence-electron chi connectivity index (χ0n) is 9.83. The summed E-state index contributed by atoms with van der Waals surface area (Å²) in [5, 5.41) is 0.0259. The van der Waals surface area contributed by atoms with Crippen LogP contribution in [0.15, 0.2) is 41.8 Å². The molecule has 1 aromatic heterocycles. The predicted molar refractivity (Wildman–Crippen MR) is 74.9 cm³/mol. The molecule has 0 aliphatic carbocycles. The second-order valence-corrected chi connectivity index (χ2v) is 5.98. The number of H-pyrrole nitrogens is 1. The predicted octanol–water partition coefficient (Wildman–Crippen LogP) is 0.522. The first kappa shape index (κ1) is 13.7. The van der Waals surface area contributed by atoms with E-state index < -0.39 is 10.0 Å². The number of aromatic amines is 1. The zero-order valence-corrected chi connectivity index (χ0v) is 11.5. The van der Waals surface area contributed by atoms with Crippen LogP contribution in [-0.2, 0) is 16.6 Å². The number of sulfonamides is 1. The third-order valence-electron chi connectivity index (χ3n) is 2.44. The minimum absolute atomic E-state index is 0.0259. The summed E-state index contributed by atoms with van der Waals surface area (Å²) >= 11 is 4.87. The van der Waals surface area contributed by atoms with Gasteiger partial charge in [0.15, 0.2) is 5.03 Å². The molecule has 0 saturated carbocycles. The molecule has 1 aromatic carbocycles. The summed E-state index contributed by atoms with van der Waals surface area (Å²) in [6, 6.07) is 7.08. The van der Waals surface area contributed by atoms with E-state index in [1.165, 1.54) is 12.5 Å². The fourth-order valence-corrected chi connectivity index (χ4v) is 2.53. The van der Waals surface area contributed by atoms with E-state index >= 15 is 0 Å². The number of hydrogen-bond donors (Lipinski definition) is 3. The maximum atomic E-state index is 11.9. The average molecular weight is 296 g/mol. The van der Waals surface area contributed by atoms with Gasteiger partial charge in [-0.15, -0.1) is 0 Å². The Kier molecular flexibility index (Phi) is 3.93. The molecule has 0 saturated heterocycles. The van der Waals surface area contributed by atoms with Gasteiger partial charge in [-0.25, -0.2) is 18.1 Å². The summed E-state index contributed by atoms with van der Waals surface area (Å²) in [5.74, 6) is 0. The van der Waals surface area contributed by atoms with E-state index in [4.69, 9.17) is 18.0 Å². The van der Waals surface area contributed by atoms with Gasteiger partial charge in [-0.2, -0.15) is 0 Å². The third-order valence-corrected chi connectivity index (χ3v) is 4.00. The summed E-state index contributed by atoms with van der Waals surface area (Å²) < 4.78 is 26.2. The van der Waals surface area contributed by atoms with Crippen molar-refractivity contribution in [1.29, 1.82) is 0 Å². The van der Waals surface area contributed by atoms with Crippen molar-refractivity contribution < 1.29 is 8.42 Å². The van der Waals surface area contributed by atoms with Gasteiger partial charge in [0.1, 0.15) is 4.99 Å². The van der Waals surface area contributed by atoms with Crippen molar-refractivity contribution in [3.63, 3.8) is 0 Å². The van der Waals surface area contributed by atoms with Crippen LogP contribution in [0, 0.1) is 0 Å². The first-order valence-electron chi connectivity index (χ1n) is 5.36. The normalized spacial score (nSPS) is 11.4. The van der Waals surface area contributed by atoms with Gasteiger partial charge in [-0.3, -0.25) is 0 Å². The summed E-state index contributed by atoms with van der Waals surface area (Å²) in [6.45, 7) is 0.151. The number of thiocarbonyl (C=S) groups is 1. The molecule has 0 aliphatic rings. The van der Waals surface area contributed by atoms with Crippen LogP contribution in [0.5, 0.6) is 0 Å². The van der Waals surface area contributed by atoms with Gasteiger partial charge in [0.25, 0.3) is 10.0 Å². The molecule has 2 aromatic rings. The Morgan fingerprint density at radius 3 is 2.89 bits per heavy atom. The zero-order chi connectivity index (χ0) is 13.9. The molecule has 0 unspecified atom stereocenters. The quantitative estimate of drug-likeness (QED) is 0.698. The smallest absolute Gasteiger partial charge is 0.257 e. The number of nitrogens with zero attached hydrogens (tertiary/aromatic N) is 1. The van der Waals surface area contributed by atoms with Crippen molar-refractivity contribution in [3.8, 4) is 0 Å². The summed E-state index contributed by atoms with van der Waals surface area (Å²) in [7, 11) is -3.58. The number of benzene rings is 1. The molecular weight excluding hydrogens is 284 g/mol. The van der Waals surface area contributed by atoms with Crippen molar-refractivity contribution in [1.82, 2.24) is 14.7 Å². The van der Waals surface area contributed by atoms with Crippen LogP contribution in [0.2, 0.25) is 0 Å². The van der Waals surface area contributed by atoms with Crippen molar-refractivity contribution in [3.05, 3.63) is 47.9 Å². The van der Waals surface area contributed by atoms with Gasteiger partial charge < -0.3 is 10.7 Å². The molecule has 0 aliphatic heterocycles. The van der Waals surface area contributed by atoms with E-state index in [9.17, 15) is 8.42 Å². The summed E-state index contributed by atoms with van der Waals surface area (Å²) in [4.78, 5) is 6.49. The Labute approximate surface area is 116 Å². The van der Waals surface area contributed by atoms with Gasteiger partial charge in [0.05, 0.1) is 12.5 Å². The highest BCUT2D eigenvalue weighted by Gasteiger charge is 2.14. The molecule has 6 nitrogen and oxygen atoms in total. The topological polar surface area (TPSA) is 101 Å². The van der Waals surface area contributed by atoms with E-state index in [1.807, 2.05) is 0 Å². The minimum atomic E-state index is -3.58. The van der Waals surface area contributed by atoms with Crippen molar-refractivity contribution in [2.24, 2.45) is 5.73 Å². The first-order valence-corrected chi connectivity index (χ1v) is 7.25. The lowest BCUT2D eigenvalue weighted by atomic mass is 10.1. The maximum absolute atomic E-state index is 11.9. The van der Waals surface area contributed by atoms with Gasteiger partial charge in [-0.1, -0.05) is 30.4 Å². The highest BCUT2D eigenvalue weighted by molar-refractivity contribution is 7.89. The van der Waals surface area contributed by atoms with Crippen molar-refractivity contribution in [2.75, 3.05) is 0 Å². The Bertz CT molecular complexity index is 680. The molecule has 19 heavy (non-hydrogen) atoms. The molecule has 0 fully saturated rings. The highest BCUT2D eigenvalue weighted by Crippen LogP contribution is 2.07. The molecule has 0 amide bonds. The molecular formula is C11H12N4O2S2. The molecule has 1 heterocycles. The lowest BCUT2D eigenvalue weighted by molar-refractivity contribution is 0.578. The molecule has 4 N–H and O–H groups in total. The van der Waals surface area contributed by atoms with Crippen molar-refractivity contribution >= 4 is 27.2 Å². The lowest BCUT2D eigenvalue weighted by Gasteiger charge is -2.06. The van der Waals surface area contributed by atoms with E-state index in [0.717, 1.165) is 5.56 Å². The maximum Gasteiger partial charge on any atom is 0.257 e. The van der Waals surface area contributed by atoms with Crippen LogP contribution < -0.4 is 10.5 Å². The fraction of sp³-hybridized carbons (Fsp3) is 0.0909. The van der Waals surface area contributed by atoms with Crippen LogP contribution in [-0.4, -0.2) is 23.4 Å². The van der Waals surface area contributed by atoms with E-state index in [2.05, 4.69) is 14.7 Å². The van der Waals surface area contributed by atoms with Crippen LogP contribution in [0.1, 0.15) is 11.1 Å². The van der Waals surface area contributed by atoms with Crippen LogP contribution >= 0.6 is 12.2 Å². The number of nitrogens with two attached hydrogens (primary N) is 1. The van der Waals surface area contributed by atoms with Crippen LogP contribution in [0.25, 0.3) is 0 Å². The third kappa shape index (κ3) is 3.37. The van der Waals surface area contributed by atoms with Gasteiger partial charge in [0.2, 0.25) is 0 Å². The van der Waals surface area contributed by atoms with Crippen molar-refractivity contribution in [2.45, 2.75) is 11.6 Å². The SMILES string of the molecule is NC(=S)c1cccc(CNS(=O)(=O)c2cnc[nH]2)c1. The molecule has 0 radical (unpaired) electrons. The molecule has 0 bridgehead atoms. The minimum Gasteiger partial charge on any atom is -0.389 e. The number of nitrogens with one attached hydrogen (secondary N) is 2. The molecule has 0 spiro atoms. The Hall–Kier alpha value is -1.77. The van der Waals surface area contributed by atoms with Crippen LogP contribution in [0.4, 0.5) is 0 Å². The summed E-state index contributed by atoms with van der Waals surface area (Å²) in [6.07, 6.45) is 2.55. The molecule has 0 atom stereocenters. The molecule has 2 rings (SSSR count). The van der Waals surface area contributed by atoms with Gasteiger partial charge >= 0.3 is 0 Å². The van der Waals surface area contributed by atoms with Gasteiger partial charge in [-0.05, 0) is 11.6 Å². The standard InChI is InChI=1S/C11H12N4O2S2/c12-11(18)9-3-1-2-8(4-9)5-15-19(16,17)10-6-13-7-14-10/h1-4,6-7,15H,5H2,(H2,12,18)(H,13,14). The average Bonchev–Trinajstić information content (AvgIpc) is 2.91. The molecule has 100 valence electrons. The first-order chi connectivity index (χ1) is 8.99. The highest BCUT2D eigenvalue weighted by atomic mass is 32.2. The van der Waals surface area contributed by atoms with Gasteiger partial charge in [0, 0.05) is 12.1 Å². The fourth-order valence-electron chi connectivity index (χ4n) is 1.48. The second kappa shape index (κ2) is 5.47. The number of imidazole rings is 1. The summed E-state index contributed by atoms with van der Waals surface area (Å²) in [5.41, 5.74) is 7.00.